The van der Waals surface area contributed by atoms with Gasteiger partial charge in [-0.05, 0) is 19.4 Å². The van der Waals surface area contributed by atoms with Gasteiger partial charge < -0.3 is 14.5 Å². The first kappa shape index (κ1) is 15.1. The first-order valence-corrected chi connectivity index (χ1v) is 6.92. The maximum atomic E-state index is 12.3. The molecule has 1 aliphatic rings. The average Bonchev–Trinajstić information content (AvgIpc) is 2.49. The van der Waals surface area contributed by atoms with Crippen LogP contribution >= 0.6 is 0 Å². The van der Waals surface area contributed by atoms with Crippen molar-refractivity contribution in [3.05, 3.63) is 47.2 Å². The van der Waals surface area contributed by atoms with Crippen LogP contribution in [-0.4, -0.2) is 42.5 Å². The van der Waals surface area contributed by atoms with Crippen molar-refractivity contribution in [2.75, 3.05) is 20.7 Å². The Kier molecular flexibility index (Phi) is 4.31. The molecule has 5 nitrogen and oxygen atoms in total. The molecule has 2 amide bonds. The van der Waals surface area contributed by atoms with E-state index in [1.54, 1.807) is 32.8 Å². The summed E-state index contributed by atoms with van der Waals surface area (Å²) in [5.41, 5.74) is 2.03. The summed E-state index contributed by atoms with van der Waals surface area (Å²) >= 11 is 0. The highest BCUT2D eigenvalue weighted by Crippen LogP contribution is 2.35. The Balaban J connectivity index is 2.57. The average molecular weight is 288 g/mol. The minimum absolute atomic E-state index is 0.144. The second-order valence-corrected chi connectivity index (χ2v) is 4.99. The largest absolute Gasteiger partial charge is 0.463 e. The normalized spacial score (nSPS) is 19.0. The van der Waals surface area contributed by atoms with Crippen LogP contribution in [0.25, 0.3) is 0 Å². The third-order valence-electron chi connectivity index (χ3n) is 3.75. The van der Waals surface area contributed by atoms with Crippen molar-refractivity contribution in [1.29, 1.82) is 0 Å². The van der Waals surface area contributed by atoms with E-state index in [0.717, 1.165) is 5.56 Å². The second-order valence-electron chi connectivity index (χ2n) is 4.99. The van der Waals surface area contributed by atoms with Gasteiger partial charge >= 0.3 is 12.0 Å². The van der Waals surface area contributed by atoms with E-state index < -0.39 is 6.04 Å². The molecule has 1 aromatic rings. The number of esters is 1. The van der Waals surface area contributed by atoms with Crippen molar-refractivity contribution in [2.24, 2.45) is 0 Å². The Hall–Kier alpha value is -2.30. The minimum Gasteiger partial charge on any atom is -0.463 e. The fourth-order valence-electron chi connectivity index (χ4n) is 2.56. The summed E-state index contributed by atoms with van der Waals surface area (Å²) < 4.78 is 5.17. The predicted molar refractivity (Wildman–Crippen MR) is 79.4 cm³/mol. The molecule has 0 spiro atoms. The molecule has 0 fully saturated rings. The van der Waals surface area contributed by atoms with Crippen LogP contribution in [0.1, 0.15) is 25.5 Å². The van der Waals surface area contributed by atoms with Gasteiger partial charge in [0.2, 0.25) is 0 Å². The number of hydrogen-bond acceptors (Lipinski definition) is 3. The van der Waals surface area contributed by atoms with Gasteiger partial charge in [-0.2, -0.15) is 0 Å². The molecular weight excluding hydrogens is 268 g/mol. The highest BCUT2D eigenvalue weighted by Gasteiger charge is 2.38. The van der Waals surface area contributed by atoms with E-state index in [2.05, 4.69) is 0 Å². The van der Waals surface area contributed by atoms with E-state index >= 15 is 0 Å². The first-order valence-electron chi connectivity index (χ1n) is 6.92. The highest BCUT2D eigenvalue weighted by atomic mass is 16.5. The van der Waals surface area contributed by atoms with E-state index in [4.69, 9.17) is 4.74 Å². The molecule has 0 saturated heterocycles. The van der Waals surface area contributed by atoms with Gasteiger partial charge in [-0.25, -0.2) is 9.59 Å². The number of carbonyl (C=O) groups is 2. The maximum absolute atomic E-state index is 12.3. The molecule has 1 atom stereocenters. The molecular formula is C16H20N2O3. The van der Waals surface area contributed by atoms with Gasteiger partial charge in [0.1, 0.15) is 0 Å². The molecule has 1 heterocycles. The number of likely N-dealkylation sites (N-methyl/N-ethyl adjacent to an activating group) is 1. The lowest BCUT2D eigenvalue weighted by atomic mass is 9.94. The van der Waals surface area contributed by atoms with Crippen LogP contribution < -0.4 is 0 Å². The standard InChI is InChI=1S/C16H20N2O3/c1-5-21-15(19)13-11(2)17(3)16(20)18(4)14(13)12-9-7-6-8-10-12/h6-10,14H,5H2,1-4H3. The van der Waals surface area contributed by atoms with Gasteiger partial charge in [0.15, 0.2) is 0 Å². The summed E-state index contributed by atoms with van der Waals surface area (Å²) in [6.07, 6.45) is 0. The topological polar surface area (TPSA) is 49.9 Å². The molecule has 1 aliphatic heterocycles. The summed E-state index contributed by atoms with van der Waals surface area (Å²) in [5.74, 6) is -0.380. The van der Waals surface area contributed by atoms with Crippen LogP contribution in [0, 0.1) is 0 Å². The Labute approximate surface area is 124 Å². The molecule has 5 heteroatoms. The summed E-state index contributed by atoms with van der Waals surface area (Å²) in [4.78, 5) is 27.7. The third kappa shape index (κ3) is 2.63. The fraction of sp³-hybridized carbons (Fsp3) is 0.375. The summed E-state index contributed by atoms with van der Waals surface area (Å²) in [7, 11) is 3.36. The van der Waals surface area contributed by atoms with Crippen molar-refractivity contribution in [3.63, 3.8) is 0 Å². The third-order valence-corrected chi connectivity index (χ3v) is 3.75. The van der Waals surface area contributed by atoms with Crippen molar-refractivity contribution >= 4 is 12.0 Å². The molecule has 21 heavy (non-hydrogen) atoms. The Morgan fingerprint density at radius 3 is 2.43 bits per heavy atom. The maximum Gasteiger partial charge on any atom is 0.338 e. The van der Waals surface area contributed by atoms with Crippen molar-refractivity contribution in [3.8, 4) is 0 Å². The number of urea groups is 1. The quantitative estimate of drug-likeness (QED) is 0.803. The van der Waals surface area contributed by atoms with Gasteiger partial charge in [0.05, 0.1) is 18.2 Å². The summed E-state index contributed by atoms with van der Waals surface area (Å²) in [5, 5.41) is 0. The van der Waals surface area contributed by atoms with E-state index in [-0.39, 0.29) is 12.0 Å². The van der Waals surface area contributed by atoms with E-state index in [0.29, 0.717) is 17.9 Å². The zero-order valence-electron chi connectivity index (χ0n) is 12.8. The molecule has 0 bridgehead atoms. The Morgan fingerprint density at radius 1 is 1.24 bits per heavy atom. The van der Waals surface area contributed by atoms with Crippen molar-refractivity contribution in [1.82, 2.24) is 9.80 Å². The number of hydrogen-bond donors (Lipinski definition) is 0. The molecule has 2 rings (SSSR count). The molecule has 0 aromatic heterocycles. The first-order chi connectivity index (χ1) is 9.99. The molecule has 0 aliphatic carbocycles. The van der Waals surface area contributed by atoms with Crippen LogP contribution in [0.2, 0.25) is 0 Å². The van der Waals surface area contributed by atoms with Gasteiger partial charge in [0.25, 0.3) is 0 Å². The number of amides is 2. The minimum atomic E-state index is -0.422. The number of benzene rings is 1. The lowest BCUT2D eigenvalue weighted by Crippen LogP contribution is -2.47. The van der Waals surface area contributed by atoms with Crippen LogP contribution in [0.3, 0.4) is 0 Å². The van der Waals surface area contributed by atoms with Crippen LogP contribution in [0.15, 0.2) is 41.6 Å². The van der Waals surface area contributed by atoms with Gasteiger partial charge in [-0.1, -0.05) is 30.3 Å². The monoisotopic (exact) mass is 288 g/mol. The highest BCUT2D eigenvalue weighted by molar-refractivity contribution is 5.94. The smallest absolute Gasteiger partial charge is 0.338 e. The number of allylic oxidation sites excluding steroid dienone is 1. The van der Waals surface area contributed by atoms with Crippen LogP contribution in [-0.2, 0) is 9.53 Å². The van der Waals surface area contributed by atoms with E-state index in [1.165, 1.54) is 4.90 Å². The summed E-state index contributed by atoms with van der Waals surface area (Å²) in [6, 6.07) is 8.94. The molecule has 112 valence electrons. The molecule has 0 saturated carbocycles. The molecule has 1 unspecified atom stereocenters. The van der Waals surface area contributed by atoms with Crippen molar-refractivity contribution < 1.29 is 14.3 Å². The second kappa shape index (κ2) is 5.99. The molecule has 1 aromatic carbocycles. The number of rotatable bonds is 3. The molecule has 0 N–H and O–H groups in total. The Bertz CT molecular complexity index is 580. The molecule has 0 radical (unpaired) electrons. The number of carbonyl (C=O) groups excluding carboxylic acids is 2. The van der Waals surface area contributed by atoms with E-state index in [1.807, 2.05) is 30.3 Å². The van der Waals surface area contributed by atoms with E-state index in [9.17, 15) is 9.59 Å². The zero-order chi connectivity index (χ0) is 15.6. The zero-order valence-corrected chi connectivity index (χ0v) is 12.8. The van der Waals surface area contributed by atoms with Crippen LogP contribution in [0.4, 0.5) is 4.79 Å². The van der Waals surface area contributed by atoms with Gasteiger partial charge in [0, 0.05) is 19.8 Å². The lowest BCUT2D eigenvalue weighted by Gasteiger charge is -2.39. The lowest BCUT2D eigenvalue weighted by molar-refractivity contribution is -0.139. The van der Waals surface area contributed by atoms with Gasteiger partial charge in [-0.15, -0.1) is 0 Å². The summed E-state index contributed by atoms with van der Waals surface area (Å²) in [6.45, 7) is 3.85. The van der Waals surface area contributed by atoms with Crippen LogP contribution in [0.5, 0.6) is 0 Å². The number of ether oxygens (including phenoxy) is 1. The SMILES string of the molecule is CCOC(=O)C1=C(C)N(C)C(=O)N(C)C1c1ccccc1. The fourth-order valence-corrected chi connectivity index (χ4v) is 2.56. The van der Waals surface area contributed by atoms with Gasteiger partial charge in [-0.3, -0.25) is 0 Å². The Morgan fingerprint density at radius 2 is 1.86 bits per heavy atom. The van der Waals surface area contributed by atoms with Crippen molar-refractivity contribution in [2.45, 2.75) is 19.9 Å². The number of nitrogens with zero attached hydrogens (tertiary/aromatic N) is 2. The predicted octanol–water partition coefficient (Wildman–Crippen LogP) is 2.56.